The average molecular weight is 311 g/mol. The number of carbonyl (C=O) groups excluding carboxylic acids is 1. The quantitative estimate of drug-likeness (QED) is 0.606. The molecular weight excluding hydrogens is 296 g/mol. The minimum absolute atomic E-state index is 0.184. The third kappa shape index (κ3) is 16.5. The second-order valence-corrected chi connectivity index (χ2v) is 3.65. The molecule has 2 N–H and O–H groups in total. The monoisotopic (exact) mass is 311 g/mol. The molecule has 0 bridgehead atoms. The first-order valence-corrected chi connectivity index (χ1v) is 5.53. The maximum Gasteiger partial charge on any atom is 0.490 e. The first-order chi connectivity index (χ1) is 8.90. The van der Waals surface area contributed by atoms with Crippen LogP contribution < -0.4 is 5.32 Å². The van der Waals surface area contributed by atoms with Crippen LogP contribution in [0.1, 0.15) is 32.6 Å². The minimum atomic E-state index is -5.08. The van der Waals surface area contributed by atoms with E-state index >= 15 is 0 Å². The van der Waals surface area contributed by atoms with Gasteiger partial charge in [0.05, 0.1) is 0 Å². The number of carboxylic acid groups (broad SMARTS) is 1. The normalized spacial score (nSPS) is 11.3. The highest BCUT2D eigenvalue weighted by molar-refractivity contribution is 5.75. The zero-order chi connectivity index (χ0) is 16.4. The van der Waals surface area contributed by atoms with Crippen LogP contribution in [0.3, 0.4) is 0 Å². The van der Waals surface area contributed by atoms with Gasteiger partial charge in [0.1, 0.15) is 6.54 Å². The Morgan fingerprint density at radius 3 is 1.80 bits per heavy atom. The average Bonchev–Trinajstić information content (AvgIpc) is 2.25. The summed E-state index contributed by atoms with van der Waals surface area (Å²) in [6.45, 7) is 0.742. The molecular formula is C10H15F6NO3. The summed E-state index contributed by atoms with van der Waals surface area (Å²) in [4.78, 5) is 19.6. The number of halogens is 6. The predicted molar refractivity (Wildman–Crippen MR) is 56.9 cm³/mol. The lowest BCUT2D eigenvalue weighted by Gasteiger charge is -2.07. The van der Waals surface area contributed by atoms with Crippen molar-refractivity contribution in [2.24, 2.45) is 0 Å². The molecule has 0 rings (SSSR count). The van der Waals surface area contributed by atoms with Crippen molar-refractivity contribution in [2.45, 2.75) is 45.0 Å². The van der Waals surface area contributed by atoms with Gasteiger partial charge in [0.25, 0.3) is 0 Å². The standard InChI is InChI=1S/C8H14F3NO.C2HF3O2/c1-2-3-4-5-7(13)12-6-8(9,10)11;3-2(4,5)1(6)7/h2-6H2,1H3,(H,12,13);(H,6,7). The Morgan fingerprint density at radius 1 is 1.05 bits per heavy atom. The van der Waals surface area contributed by atoms with E-state index in [4.69, 9.17) is 9.90 Å². The highest BCUT2D eigenvalue weighted by Crippen LogP contribution is 2.13. The highest BCUT2D eigenvalue weighted by atomic mass is 19.4. The molecule has 0 aromatic rings. The van der Waals surface area contributed by atoms with Gasteiger partial charge in [-0.05, 0) is 6.42 Å². The largest absolute Gasteiger partial charge is 0.490 e. The number of carboxylic acids is 1. The summed E-state index contributed by atoms with van der Waals surface area (Å²) in [6, 6.07) is 0. The van der Waals surface area contributed by atoms with Gasteiger partial charge in [-0.25, -0.2) is 4.79 Å². The Labute approximate surface area is 111 Å². The molecule has 0 fully saturated rings. The summed E-state index contributed by atoms with van der Waals surface area (Å²) in [6.07, 6.45) is -6.73. The molecule has 0 saturated heterocycles. The maximum absolute atomic E-state index is 11.6. The highest BCUT2D eigenvalue weighted by Gasteiger charge is 2.38. The van der Waals surface area contributed by atoms with Crippen molar-refractivity contribution in [3.8, 4) is 0 Å². The zero-order valence-electron chi connectivity index (χ0n) is 10.6. The molecule has 4 nitrogen and oxygen atoms in total. The summed E-state index contributed by atoms with van der Waals surface area (Å²) in [5, 5.41) is 8.94. The molecule has 0 unspecified atom stereocenters. The number of hydrogen-bond donors (Lipinski definition) is 2. The van der Waals surface area contributed by atoms with E-state index in [-0.39, 0.29) is 6.42 Å². The van der Waals surface area contributed by atoms with Gasteiger partial charge in [-0.3, -0.25) is 4.79 Å². The molecule has 0 aliphatic rings. The summed E-state index contributed by atoms with van der Waals surface area (Å²) in [5.74, 6) is -3.28. The van der Waals surface area contributed by atoms with Crippen molar-refractivity contribution in [2.75, 3.05) is 6.54 Å². The lowest BCUT2D eigenvalue weighted by Crippen LogP contribution is -2.33. The smallest absolute Gasteiger partial charge is 0.475 e. The fraction of sp³-hybridized carbons (Fsp3) is 0.800. The van der Waals surface area contributed by atoms with E-state index < -0.39 is 30.8 Å². The van der Waals surface area contributed by atoms with Gasteiger partial charge in [0.2, 0.25) is 5.91 Å². The van der Waals surface area contributed by atoms with E-state index in [1.807, 2.05) is 12.2 Å². The third-order valence-electron chi connectivity index (χ3n) is 1.74. The van der Waals surface area contributed by atoms with Gasteiger partial charge in [-0.15, -0.1) is 0 Å². The molecule has 1 amide bonds. The molecule has 0 aromatic carbocycles. The first-order valence-electron chi connectivity index (χ1n) is 5.53. The number of carbonyl (C=O) groups is 2. The lowest BCUT2D eigenvalue weighted by atomic mass is 10.2. The number of rotatable bonds is 5. The molecule has 10 heteroatoms. The number of aliphatic carboxylic acids is 1. The van der Waals surface area contributed by atoms with E-state index in [0.29, 0.717) is 6.42 Å². The molecule has 0 spiro atoms. The van der Waals surface area contributed by atoms with Crippen molar-refractivity contribution in [3.63, 3.8) is 0 Å². The van der Waals surface area contributed by atoms with E-state index in [0.717, 1.165) is 12.8 Å². The Balaban J connectivity index is 0. The second kappa shape index (κ2) is 9.43. The van der Waals surface area contributed by atoms with Crippen LogP contribution in [-0.4, -0.2) is 35.9 Å². The van der Waals surface area contributed by atoms with Crippen LogP contribution in [0, 0.1) is 0 Å². The Morgan fingerprint density at radius 2 is 1.50 bits per heavy atom. The van der Waals surface area contributed by atoms with E-state index in [1.165, 1.54) is 0 Å². The van der Waals surface area contributed by atoms with E-state index in [1.54, 1.807) is 0 Å². The Bertz CT molecular complexity index is 300. The topological polar surface area (TPSA) is 66.4 Å². The minimum Gasteiger partial charge on any atom is -0.475 e. The Hall–Kier alpha value is -1.48. The van der Waals surface area contributed by atoms with Crippen LogP contribution in [0.25, 0.3) is 0 Å². The number of hydrogen-bond acceptors (Lipinski definition) is 2. The molecule has 0 aromatic heterocycles. The van der Waals surface area contributed by atoms with Gasteiger partial charge >= 0.3 is 18.3 Å². The Kier molecular flexibility index (Phi) is 9.82. The fourth-order valence-electron chi connectivity index (χ4n) is 0.823. The third-order valence-corrected chi connectivity index (χ3v) is 1.74. The predicted octanol–water partition coefficient (Wildman–Crippen LogP) is 2.88. The van der Waals surface area contributed by atoms with Crippen LogP contribution in [0.4, 0.5) is 26.3 Å². The van der Waals surface area contributed by atoms with Crippen LogP contribution in [0.15, 0.2) is 0 Å². The summed E-state index contributed by atoms with van der Waals surface area (Å²) in [7, 11) is 0. The zero-order valence-corrected chi connectivity index (χ0v) is 10.6. The molecule has 0 aliphatic carbocycles. The molecule has 0 radical (unpaired) electrons. The van der Waals surface area contributed by atoms with Crippen LogP contribution >= 0.6 is 0 Å². The summed E-state index contributed by atoms with van der Waals surface area (Å²) >= 11 is 0. The van der Waals surface area contributed by atoms with Crippen molar-refractivity contribution in [1.82, 2.24) is 5.32 Å². The van der Waals surface area contributed by atoms with Gasteiger partial charge in [0.15, 0.2) is 0 Å². The van der Waals surface area contributed by atoms with Crippen LogP contribution in [0.2, 0.25) is 0 Å². The molecule has 20 heavy (non-hydrogen) atoms. The second-order valence-electron chi connectivity index (χ2n) is 3.65. The van der Waals surface area contributed by atoms with Gasteiger partial charge in [0, 0.05) is 6.42 Å². The number of alkyl halides is 6. The number of nitrogens with one attached hydrogen (secondary N) is 1. The fourth-order valence-corrected chi connectivity index (χ4v) is 0.823. The molecule has 0 heterocycles. The molecule has 0 saturated carbocycles. The van der Waals surface area contributed by atoms with Crippen molar-refractivity contribution in [3.05, 3.63) is 0 Å². The van der Waals surface area contributed by atoms with E-state index in [9.17, 15) is 31.1 Å². The van der Waals surface area contributed by atoms with Gasteiger partial charge in [-0.2, -0.15) is 26.3 Å². The van der Waals surface area contributed by atoms with Crippen molar-refractivity contribution >= 4 is 11.9 Å². The van der Waals surface area contributed by atoms with Crippen LogP contribution in [-0.2, 0) is 9.59 Å². The van der Waals surface area contributed by atoms with Crippen LogP contribution in [0.5, 0.6) is 0 Å². The first kappa shape index (κ1) is 20.8. The number of amides is 1. The van der Waals surface area contributed by atoms with Crippen molar-refractivity contribution in [1.29, 1.82) is 0 Å². The van der Waals surface area contributed by atoms with Crippen molar-refractivity contribution < 1.29 is 41.0 Å². The van der Waals surface area contributed by atoms with Gasteiger partial charge in [-0.1, -0.05) is 19.8 Å². The summed E-state index contributed by atoms with van der Waals surface area (Å²) in [5.41, 5.74) is 0. The maximum atomic E-state index is 11.6. The molecule has 0 atom stereocenters. The lowest BCUT2D eigenvalue weighted by molar-refractivity contribution is -0.192. The van der Waals surface area contributed by atoms with E-state index in [2.05, 4.69) is 0 Å². The molecule has 120 valence electrons. The van der Waals surface area contributed by atoms with Gasteiger partial charge < -0.3 is 10.4 Å². The SMILES string of the molecule is CCCCCC(=O)NCC(F)(F)F.O=C(O)C(F)(F)F. The summed E-state index contributed by atoms with van der Waals surface area (Å²) < 4.78 is 66.5. The number of unbranched alkanes of at least 4 members (excludes halogenated alkanes) is 2. The molecule has 0 aliphatic heterocycles.